The van der Waals surface area contributed by atoms with E-state index in [1.54, 1.807) is 7.11 Å². The van der Waals surface area contributed by atoms with Crippen LogP contribution in [-0.4, -0.2) is 12.2 Å². The second kappa shape index (κ2) is 7.61. The second-order valence-electron chi connectivity index (χ2n) is 7.41. The first-order valence-electron chi connectivity index (χ1n) is 9.24. The van der Waals surface area contributed by atoms with Gasteiger partial charge in [0.1, 0.15) is 11.4 Å². The standard InChI is InChI=1S/C23H32O2/c1-8-9-19-10-12-20(13-11-19)23(24,15(2)3)21-17(5)14-16(4)18(6)22(21)25-7/h10-15,24H,8-9H2,1-7H3. The highest BCUT2D eigenvalue weighted by Gasteiger charge is 2.39. The van der Waals surface area contributed by atoms with Crippen LogP contribution in [0.1, 0.15) is 60.6 Å². The van der Waals surface area contributed by atoms with Crippen molar-refractivity contribution >= 4 is 0 Å². The quantitative estimate of drug-likeness (QED) is 0.756. The fourth-order valence-electron chi connectivity index (χ4n) is 3.76. The van der Waals surface area contributed by atoms with Gasteiger partial charge in [-0.25, -0.2) is 0 Å². The molecule has 0 amide bonds. The van der Waals surface area contributed by atoms with Gasteiger partial charge in [0.05, 0.1) is 7.11 Å². The van der Waals surface area contributed by atoms with Crippen LogP contribution in [0.25, 0.3) is 0 Å². The minimum atomic E-state index is -1.08. The van der Waals surface area contributed by atoms with Gasteiger partial charge in [0.25, 0.3) is 0 Å². The van der Waals surface area contributed by atoms with Gasteiger partial charge in [0, 0.05) is 5.56 Å². The lowest BCUT2D eigenvalue weighted by molar-refractivity contribution is 0.0287. The maximum absolute atomic E-state index is 11.9. The SMILES string of the molecule is CCCc1ccc(C(O)(c2c(C)cc(C)c(C)c2OC)C(C)C)cc1. The Morgan fingerprint density at radius 3 is 2.12 bits per heavy atom. The first-order valence-corrected chi connectivity index (χ1v) is 9.24. The molecule has 25 heavy (non-hydrogen) atoms. The molecule has 2 aromatic carbocycles. The molecule has 1 N–H and O–H groups in total. The van der Waals surface area contributed by atoms with Crippen molar-refractivity contribution in [1.82, 2.24) is 0 Å². The molecule has 0 saturated heterocycles. The number of rotatable bonds is 6. The molecule has 0 radical (unpaired) electrons. The van der Waals surface area contributed by atoms with Crippen LogP contribution in [0.3, 0.4) is 0 Å². The van der Waals surface area contributed by atoms with Gasteiger partial charge in [-0.15, -0.1) is 0 Å². The predicted octanol–water partition coefficient (Wildman–Crippen LogP) is 5.46. The van der Waals surface area contributed by atoms with Crippen molar-refractivity contribution in [2.24, 2.45) is 5.92 Å². The van der Waals surface area contributed by atoms with Gasteiger partial charge in [-0.2, -0.15) is 0 Å². The largest absolute Gasteiger partial charge is 0.496 e. The van der Waals surface area contributed by atoms with Crippen molar-refractivity contribution in [3.05, 3.63) is 63.7 Å². The first-order chi connectivity index (χ1) is 11.8. The average molecular weight is 341 g/mol. The van der Waals surface area contributed by atoms with Crippen molar-refractivity contribution in [1.29, 1.82) is 0 Å². The molecule has 0 aliphatic carbocycles. The number of benzene rings is 2. The van der Waals surface area contributed by atoms with Crippen molar-refractivity contribution in [3.8, 4) is 5.75 Å². The summed E-state index contributed by atoms with van der Waals surface area (Å²) in [7, 11) is 1.69. The van der Waals surface area contributed by atoms with E-state index in [1.165, 1.54) is 11.1 Å². The van der Waals surface area contributed by atoms with Gasteiger partial charge in [0.15, 0.2) is 0 Å². The van der Waals surface area contributed by atoms with Gasteiger partial charge in [-0.3, -0.25) is 0 Å². The van der Waals surface area contributed by atoms with E-state index in [0.717, 1.165) is 40.8 Å². The van der Waals surface area contributed by atoms with E-state index in [-0.39, 0.29) is 5.92 Å². The zero-order chi connectivity index (χ0) is 18.8. The monoisotopic (exact) mass is 340 g/mol. The topological polar surface area (TPSA) is 29.5 Å². The lowest BCUT2D eigenvalue weighted by Gasteiger charge is -2.36. The molecule has 0 spiro atoms. The molecule has 0 aliphatic heterocycles. The summed E-state index contributed by atoms with van der Waals surface area (Å²) in [6, 6.07) is 10.5. The Hall–Kier alpha value is -1.80. The van der Waals surface area contributed by atoms with E-state index >= 15 is 0 Å². The molecule has 2 rings (SSSR count). The maximum Gasteiger partial charge on any atom is 0.128 e. The van der Waals surface area contributed by atoms with Crippen LogP contribution in [-0.2, 0) is 12.0 Å². The fraction of sp³-hybridized carbons (Fsp3) is 0.478. The van der Waals surface area contributed by atoms with Crippen LogP contribution >= 0.6 is 0 Å². The van der Waals surface area contributed by atoms with E-state index in [2.05, 4.69) is 71.9 Å². The van der Waals surface area contributed by atoms with Crippen molar-refractivity contribution in [2.45, 2.75) is 60.0 Å². The molecule has 0 aromatic heterocycles. The molecular formula is C23H32O2. The Bertz CT molecular complexity index is 729. The summed E-state index contributed by atoms with van der Waals surface area (Å²) in [5.74, 6) is 0.811. The van der Waals surface area contributed by atoms with Gasteiger partial charge < -0.3 is 9.84 Å². The molecule has 0 bridgehead atoms. The van der Waals surface area contributed by atoms with Crippen LogP contribution in [0, 0.1) is 26.7 Å². The summed E-state index contributed by atoms with van der Waals surface area (Å²) in [5.41, 5.74) is 5.36. The normalized spacial score (nSPS) is 13.8. The average Bonchev–Trinajstić information content (AvgIpc) is 2.58. The lowest BCUT2D eigenvalue weighted by Crippen LogP contribution is -2.35. The summed E-state index contributed by atoms with van der Waals surface area (Å²) >= 11 is 0. The summed E-state index contributed by atoms with van der Waals surface area (Å²) in [6.07, 6.45) is 2.18. The zero-order valence-corrected chi connectivity index (χ0v) is 16.7. The Morgan fingerprint density at radius 2 is 1.64 bits per heavy atom. The molecule has 1 unspecified atom stereocenters. The first kappa shape index (κ1) is 19.5. The van der Waals surface area contributed by atoms with Crippen LogP contribution in [0.4, 0.5) is 0 Å². The number of methoxy groups -OCH3 is 1. The van der Waals surface area contributed by atoms with Crippen molar-refractivity contribution in [2.75, 3.05) is 7.11 Å². The van der Waals surface area contributed by atoms with Crippen LogP contribution < -0.4 is 4.74 Å². The van der Waals surface area contributed by atoms with E-state index in [0.29, 0.717) is 0 Å². The summed E-state index contributed by atoms with van der Waals surface area (Å²) < 4.78 is 5.76. The molecule has 2 heteroatoms. The third kappa shape index (κ3) is 3.46. The molecule has 1 atom stereocenters. The van der Waals surface area contributed by atoms with E-state index in [4.69, 9.17) is 4.74 Å². The van der Waals surface area contributed by atoms with Crippen LogP contribution in [0.15, 0.2) is 30.3 Å². The van der Waals surface area contributed by atoms with E-state index in [1.807, 2.05) is 0 Å². The predicted molar refractivity (Wildman–Crippen MR) is 105 cm³/mol. The molecule has 0 heterocycles. The second-order valence-corrected chi connectivity index (χ2v) is 7.41. The number of aryl methyl sites for hydroxylation is 3. The lowest BCUT2D eigenvalue weighted by atomic mass is 9.74. The van der Waals surface area contributed by atoms with E-state index in [9.17, 15) is 5.11 Å². The van der Waals surface area contributed by atoms with Crippen LogP contribution in [0.2, 0.25) is 0 Å². The highest BCUT2D eigenvalue weighted by molar-refractivity contribution is 5.56. The fourth-order valence-corrected chi connectivity index (χ4v) is 3.76. The summed E-state index contributed by atoms with van der Waals surface area (Å²) in [5, 5.41) is 11.9. The van der Waals surface area contributed by atoms with Gasteiger partial charge in [0.2, 0.25) is 0 Å². The smallest absolute Gasteiger partial charge is 0.128 e. The summed E-state index contributed by atoms with van der Waals surface area (Å²) in [6.45, 7) is 12.5. The third-order valence-corrected chi connectivity index (χ3v) is 5.34. The maximum atomic E-state index is 11.9. The van der Waals surface area contributed by atoms with E-state index < -0.39 is 5.60 Å². The minimum Gasteiger partial charge on any atom is -0.496 e. The van der Waals surface area contributed by atoms with Crippen molar-refractivity contribution < 1.29 is 9.84 Å². The summed E-state index contributed by atoms with van der Waals surface area (Å²) in [4.78, 5) is 0. The van der Waals surface area contributed by atoms with Gasteiger partial charge in [-0.05, 0) is 60.9 Å². The number of aliphatic hydroxyl groups is 1. The van der Waals surface area contributed by atoms with Gasteiger partial charge >= 0.3 is 0 Å². The molecule has 0 aliphatic rings. The van der Waals surface area contributed by atoms with Crippen LogP contribution in [0.5, 0.6) is 5.75 Å². The molecule has 136 valence electrons. The Morgan fingerprint density at radius 1 is 1.04 bits per heavy atom. The molecule has 2 aromatic rings. The van der Waals surface area contributed by atoms with Gasteiger partial charge in [-0.1, -0.05) is 57.5 Å². The molecule has 0 saturated carbocycles. The number of hydrogen-bond donors (Lipinski definition) is 1. The Labute approximate surface area is 152 Å². The highest BCUT2D eigenvalue weighted by Crippen LogP contribution is 2.45. The van der Waals surface area contributed by atoms with Crippen molar-refractivity contribution in [3.63, 3.8) is 0 Å². The zero-order valence-electron chi connectivity index (χ0n) is 16.7. The Balaban J connectivity index is 2.71. The number of hydrogen-bond acceptors (Lipinski definition) is 2. The minimum absolute atomic E-state index is 0.0132. The third-order valence-electron chi connectivity index (χ3n) is 5.34. The Kier molecular flexibility index (Phi) is 5.95. The molecule has 2 nitrogen and oxygen atoms in total. The number of ether oxygens (including phenoxy) is 1. The highest BCUT2D eigenvalue weighted by atomic mass is 16.5. The molecule has 0 fully saturated rings. The molecular weight excluding hydrogens is 308 g/mol.